The number of benzene rings is 1. The summed E-state index contributed by atoms with van der Waals surface area (Å²) in [4.78, 5) is 21.8. The van der Waals surface area contributed by atoms with Gasteiger partial charge in [0.15, 0.2) is 11.3 Å². The predicted octanol–water partition coefficient (Wildman–Crippen LogP) is 4.19. The first-order chi connectivity index (χ1) is 16.5. The number of aryl methyl sites for hydroxylation is 1. The minimum atomic E-state index is -0.0900. The van der Waals surface area contributed by atoms with Crippen molar-refractivity contribution in [2.24, 2.45) is 0 Å². The van der Waals surface area contributed by atoms with Gasteiger partial charge in [-0.25, -0.2) is 9.50 Å². The van der Waals surface area contributed by atoms with Crippen molar-refractivity contribution in [1.82, 2.24) is 34.2 Å². The van der Waals surface area contributed by atoms with E-state index in [9.17, 15) is 4.79 Å². The van der Waals surface area contributed by atoms with E-state index in [4.69, 9.17) is 23.2 Å². The molecule has 1 aliphatic heterocycles. The fraction of sp³-hybridized carbons (Fsp3) is 0.333. The molecule has 4 heterocycles. The molecule has 0 bridgehead atoms. The highest BCUT2D eigenvalue weighted by atomic mass is 35.5. The van der Waals surface area contributed by atoms with Crippen molar-refractivity contribution in [2.45, 2.75) is 26.9 Å². The smallest absolute Gasteiger partial charge is 0.274 e. The van der Waals surface area contributed by atoms with E-state index >= 15 is 0 Å². The van der Waals surface area contributed by atoms with Gasteiger partial charge >= 0.3 is 0 Å². The van der Waals surface area contributed by atoms with E-state index < -0.39 is 0 Å². The summed E-state index contributed by atoms with van der Waals surface area (Å²) in [5.74, 6) is -0.0900. The minimum absolute atomic E-state index is 0.0900. The zero-order valence-corrected chi connectivity index (χ0v) is 20.6. The molecule has 34 heavy (non-hydrogen) atoms. The van der Waals surface area contributed by atoms with Crippen LogP contribution >= 0.6 is 23.2 Å². The largest absolute Gasteiger partial charge is 0.335 e. The molecule has 1 fully saturated rings. The number of halogens is 2. The number of carbonyl (C=O) groups excluding carboxylic acids is 1. The number of fused-ring (bicyclic) bond motifs is 1. The van der Waals surface area contributed by atoms with Crippen LogP contribution in [0, 0.1) is 6.92 Å². The zero-order valence-electron chi connectivity index (χ0n) is 19.1. The van der Waals surface area contributed by atoms with E-state index in [0.717, 1.165) is 42.1 Å². The average Bonchev–Trinajstić information content (AvgIpc) is 3.45. The summed E-state index contributed by atoms with van der Waals surface area (Å²) < 4.78 is 3.67. The Labute approximate surface area is 207 Å². The van der Waals surface area contributed by atoms with Gasteiger partial charge < -0.3 is 4.90 Å². The summed E-state index contributed by atoms with van der Waals surface area (Å²) in [7, 11) is 0. The zero-order chi connectivity index (χ0) is 23.8. The first kappa shape index (κ1) is 22.8. The lowest BCUT2D eigenvalue weighted by Gasteiger charge is -2.34. The Morgan fingerprint density at radius 2 is 1.82 bits per heavy atom. The van der Waals surface area contributed by atoms with Crippen LogP contribution in [0.2, 0.25) is 10.0 Å². The molecule has 5 rings (SSSR count). The van der Waals surface area contributed by atoms with Crippen LogP contribution in [0.1, 0.15) is 28.7 Å². The number of amides is 1. The van der Waals surface area contributed by atoms with E-state index in [1.54, 1.807) is 16.8 Å². The lowest BCUT2D eigenvalue weighted by molar-refractivity contribution is 0.0622. The number of hydrogen-bond acceptors (Lipinski definition) is 5. The molecule has 0 spiro atoms. The Bertz CT molecular complexity index is 1330. The van der Waals surface area contributed by atoms with Gasteiger partial charge in [-0.15, -0.1) is 0 Å². The number of rotatable bonds is 5. The first-order valence-corrected chi connectivity index (χ1v) is 12.0. The van der Waals surface area contributed by atoms with Crippen molar-refractivity contribution in [3.8, 4) is 11.3 Å². The van der Waals surface area contributed by atoms with E-state index in [-0.39, 0.29) is 5.91 Å². The Balaban J connectivity index is 1.32. The van der Waals surface area contributed by atoms with Crippen molar-refractivity contribution in [3.63, 3.8) is 0 Å². The van der Waals surface area contributed by atoms with Crippen molar-refractivity contribution in [3.05, 3.63) is 69.7 Å². The lowest BCUT2D eigenvalue weighted by Crippen LogP contribution is -2.48. The van der Waals surface area contributed by atoms with E-state index in [0.29, 0.717) is 41.0 Å². The molecule has 0 atom stereocenters. The van der Waals surface area contributed by atoms with Gasteiger partial charge in [0, 0.05) is 78.4 Å². The second kappa shape index (κ2) is 9.37. The van der Waals surface area contributed by atoms with Gasteiger partial charge in [0.25, 0.3) is 5.91 Å². The molecule has 10 heteroatoms. The van der Waals surface area contributed by atoms with Crippen LogP contribution in [0.5, 0.6) is 0 Å². The fourth-order valence-corrected chi connectivity index (χ4v) is 4.92. The van der Waals surface area contributed by atoms with E-state index in [2.05, 4.69) is 27.0 Å². The minimum Gasteiger partial charge on any atom is -0.335 e. The van der Waals surface area contributed by atoms with E-state index in [1.165, 1.54) is 0 Å². The maximum Gasteiger partial charge on any atom is 0.274 e. The van der Waals surface area contributed by atoms with Crippen molar-refractivity contribution in [1.29, 1.82) is 0 Å². The average molecular weight is 498 g/mol. The maximum atomic E-state index is 13.3. The Morgan fingerprint density at radius 3 is 2.50 bits per heavy atom. The second-order valence-electron chi connectivity index (χ2n) is 8.36. The van der Waals surface area contributed by atoms with Crippen molar-refractivity contribution < 1.29 is 4.79 Å². The number of piperazine rings is 1. The summed E-state index contributed by atoms with van der Waals surface area (Å²) in [6, 6.07) is 9.20. The Hall–Kier alpha value is -2.94. The topological polar surface area (TPSA) is 71.6 Å². The molecule has 0 aliphatic carbocycles. The van der Waals surface area contributed by atoms with Crippen molar-refractivity contribution >= 4 is 34.8 Å². The van der Waals surface area contributed by atoms with Gasteiger partial charge in [-0.3, -0.25) is 14.4 Å². The molecule has 8 nitrogen and oxygen atoms in total. The SMILES string of the molecule is CCn1ncc(-c2ccnc3cc(C(=O)N4CCN(Cc5c(Cl)cccc5Cl)CC4)nn23)c1C. The molecule has 1 amide bonds. The van der Waals surface area contributed by atoms with Gasteiger partial charge in [-0.1, -0.05) is 29.3 Å². The summed E-state index contributed by atoms with van der Waals surface area (Å²) in [5, 5.41) is 10.4. The molecule has 176 valence electrons. The second-order valence-corrected chi connectivity index (χ2v) is 9.17. The van der Waals surface area contributed by atoms with E-state index in [1.807, 2.05) is 47.0 Å². The van der Waals surface area contributed by atoms with Crippen LogP contribution in [-0.4, -0.2) is 66.3 Å². The third-order valence-electron chi connectivity index (χ3n) is 6.36. The molecule has 0 radical (unpaired) electrons. The van der Waals surface area contributed by atoms with Crippen LogP contribution < -0.4 is 0 Å². The molecule has 4 aromatic rings. The quantitative estimate of drug-likeness (QED) is 0.413. The molecule has 1 saturated heterocycles. The maximum absolute atomic E-state index is 13.3. The summed E-state index contributed by atoms with van der Waals surface area (Å²) >= 11 is 12.7. The molecule has 1 aromatic carbocycles. The van der Waals surface area contributed by atoms with Crippen LogP contribution in [0.15, 0.2) is 42.7 Å². The standard InChI is InChI=1S/C24H25Cl2N7O/c1-3-32-16(2)17(14-28-32)22-7-8-27-23-13-21(29-33(22)23)24(34)31-11-9-30(10-12-31)15-18-19(25)5-4-6-20(18)26/h4-8,13-14H,3,9-12,15H2,1-2H3. The molecule has 3 aromatic heterocycles. The lowest BCUT2D eigenvalue weighted by atomic mass is 10.2. The highest BCUT2D eigenvalue weighted by Crippen LogP contribution is 2.27. The number of nitrogens with zero attached hydrogens (tertiary/aromatic N) is 7. The monoisotopic (exact) mass is 497 g/mol. The van der Waals surface area contributed by atoms with Gasteiger partial charge in [-0.2, -0.15) is 10.2 Å². The molecule has 0 unspecified atom stereocenters. The van der Waals surface area contributed by atoms with Crippen LogP contribution in [0.25, 0.3) is 16.9 Å². The van der Waals surface area contributed by atoms with Crippen LogP contribution in [0.3, 0.4) is 0 Å². The molecular formula is C24H25Cl2N7O. The number of aromatic nitrogens is 5. The van der Waals surface area contributed by atoms with Gasteiger partial charge in [-0.05, 0) is 32.0 Å². The molecule has 0 N–H and O–H groups in total. The Kier molecular flexibility index (Phi) is 6.29. The molecule has 1 aliphatic rings. The van der Waals surface area contributed by atoms with Crippen LogP contribution in [-0.2, 0) is 13.1 Å². The first-order valence-electron chi connectivity index (χ1n) is 11.3. The third-order valence-corrected chi connectivity index (χ3v) is 7.07. The van der Waals surface area contributed by atoms with Crippen LogP contribution in [0.4, 0.5) is 0 Å². The number of hydrogen-bond donors (Lipinski definition) is 0. The fourth-order valence-electron chi connectivity index (χ4n) is 4.40. The summed E-state index contributed by atoms with van der Waals surface area (Å²) in [5.41, 5.74) is 4.84. The normalized spacial score (nSPS) is 14.8. The third kappa shape index (κ3) is 4.17. The van der Waals surface area contributed by atoms with Gasteiger partial charge in [0.05, 0.1) is 11.9 Å². The van der Waals surface area contributed by atoms with Gasteiger partial charge in [0.2, 0.25) is 0 Å². The molecule has 0 saturated carbocycles. The molecular weight excluding hydrogens is 473 g/mol. The van der Waals surface area contributed by atoms with Crippen molar-refractivity contribution in [2.75, 3.05) is 26.2 Å². The van der Waals surface area contributed by atoms with Gasteiger partial charge in [0.1, 0.15) is 0 Å². The summed E-state index contributed by atoms with van der Waals surface area (Å²) in [6.45, 7) is 8.22. The predicted molar refractivity (Wildman–Crippen MR) is 132 cm³/mol. The summed E-state index contributed by atoms with van der Waals surface area (Å²) in [6.07, 6.45) is 3.57. The Morgan fingerprint density at radius 1 is 1.09 bits per heavy atom. The highest BCUT2D eigenvalue weighted by molar-refractivity contribution is 6.35. The highest BCUT2D eigenvalue weighted by Gasteiger charge is 2.25. The number of carbonyl (C=O) groups is 1.